The maximum Gasteiger partial charge on any atom is 0.125 e. The Balaban J connectivity index is 2.68. The van der Waals surface area contributed by atoms with Crippen LogP contribution in [0.3, 0.4) is 0 Å². The van der Waals surface area contributed by atoms with Crippen molar-refractivity contribution in [2.45, 2.75) is 31.7 Å². The lowest BCUT2D eigenvalue weighted by atomic mass is 10.1. The number of aliphatic hydroxyl groups excluding tert-OH is 1. The second-order valence-electron chi connectivity index (χ2n) is 4.23. The van der Waals surface area contributed by atoms with Gasteiger partial charge in [0.25, 0.3) is 0 Å². The van der Waals surface area contributed by atoms with Crippen LogP contribution >= 0.6 is 0 Å². The first-order valence-electron chi connectivity index (χ1n) is 5.40. The monoisotopic (exact) mass is 241 g/mol. The Morgan fingerprint density at radius 3 is 2.31 bits per heavy atom. The van der Waals surface area contributed by atoms with E-state index in [2.05, 4.69) is 4.72 Å². The van der Waals surface area contributed by atoms with Crippen LogP contribution in [0.1, 0.15) is 19.4 Å². The Morgan fingerprint density at radius 2 is 1.88 bits per heavy atom. The summed E-state index contributed by atoms with van der Waals surface area (Å²) in [7, 11) is -1.25. The molecule has 0 heterocycles. The van der Waals surface area contributed by atoms with Gasteiger partial charge in [-0.05, 0) is 25.0 Å². The molecule has 16 heavy (non-hydrogen) atoms. The van der Waals surface area contributed by atoms with E-state index in [0.29, 0.717) is 0 Å². The highest BCUT2D eigenvalue weighted by Gasteiger charge is 2.15. The molecule has 0 saturated carbocycles. The first-order chi connectivity index (χ1) is 7.54. The average molecular weight is 241 g/mol. The van der Waals surface area contributed by atoms with Crippen molar-refractivity contribution in [3.63, 3.8) is 0 Å². The van der Waals surface area contributed by atoms with Crippen molar-refractivity contribution in [1.82, 2.24) is 4.72 Å². The highest BCUT2D eigenvalue weighted by Crippen LogP contribution is 2.09. The topological polar surface area (TPSA) is 49.3 Å². The number of hydrogen-bond donors (Lipinski definition) is 2. The lowest BCUT2D eigenvalue weighted by Crippen LogP contribution is -2.38. The maximum atomic E-state index is 11.9. The zero-order valence-corrected chi connectivity index (χ0v) is 10.8. The first-order valence-corrected chi connectivity index (χ1v) is 6.55. The smallest absolute Gasteiger partial charge is 0.125 e. The molecule has 0 aliphatic carbocycles. The quantitative estimate of drug-likeness (QED) is 0.823. The number of aliphatic hydroxyl groups is 1. The lowest BCUT2D eigenvalue weighted by molar-refractivity contribution is 0.229. The van der Waals surface area contributed by atoms with Gasteiger partial charge < -0.3 is 5.11 Å². The summed E-state index contributed by atoms with van der Waals surface area (Å²) in [5.74, 6) is 0.249. The summed E-state index contributed by atoms with van der Waals surface area (Å²) in [6.45, 7) is 5.96. The molecule has 1 aromatic rings. The summed E-state index contributed by atoms with van der Waals surface area (Å²) in [6.07, 6.45) is 0. The number of hydrogen-bond acceptors (Lipinski definition) is 2. The van der Waals surface area contributed by atoms with Crippen molar-refractivity contribution in [2.75, 3.05) is 6.61 Å². The van der Waals surface area contributed by atoms with Gasteiger partial charge in [0, 0.05) is 6.04 Å². The zero-order valence-electron chi connectivity index (χ0n) is 9.93. The molecule has 2 N–H and O–H groups in total. The first kappa shape index (κ1) is 13.4. The molecule has 0 spiro atoms. The van der Waals surface area contributed by atoms with Gasteiger partial charge in [-0.3, -0.25) is 0 Å². The molecule has 4 heteroatoms. The maximum absolute atomic E-state index is 11.9. The fourth-order valence-corrected chi connectivity index (χ4v) is 2.39. The molecular weight excluding hydrogens is 222 g/mol. The van der Waals surface area contributed by atoms with Gasteiger partial charge in [-0.25, -0.2) is 8.93 Å². The largest absolute Gasteiger partial charge is 0.395 e. The number of rotatable bonds is 5. The summed E-state index contributed by atoms with van der Waals surface area (Å²) < 4.78 is 14.8. The molecule has 0 aliphatic heterocycles. The van der Waals surface area contributed by atoms with E-state index in [0.717, 1.165) is 10.5 Å². The number of aryl methyl sites for hydroxylation is 1. The van der Waals surface area contributed by atoms with E-state index in [1.165, 1.54) is 0 Å². The van der Waals surface area contributed by atoms with Crippen LogP contribution in [-0.2, 0) is 11.0 Å². The SMILES string of the molecule is Cc1ccc(S(=O)N[C@@H](CO)C(C)C)cc1. The third-order valence-corrected chi connectivity index (χ3v) is 3.71. The van der Waals surface area contributed by atoms with Gasteiger partial charge >= 0.3 is 0 Å². The molecule has 1 unspecified atom stereocenters. The van der Waals surface area contributed by atoms with Gasteiger partial charge in [-0.15, -0.1) is 0 Å². The standard InChI is InChI=1S/C12H19NO2S/c1-9(2)12(8-14)13-16(15)11-6-4-10(3)5-7-11/h4-7,9,12-14H,8H2,1-3H3/t12-,16?/m0/s1. The second kappa shape index (κ2) is 6.13. The molecular formula is C12H19NO2S. The van der Waals surface area contributed by atoms with Gasteiger partial charge in [0.15, 0.2) is 0 Å². The third kappa shape index (κ3) is 3.70. The van der Waals surface area contributed by atoms with Crippen LogP contribution in [0.25, 0.3) is 0 Å². The second-order valence-corrected chi connectivity index (χ2v) is 5.48. The summed E-state index contributed by atoms with van der Waals surface area (Å²) >= 11 is 0. The molecule has 90 valence electrons. The van der Waals surface area contributed by atoms with E-state index in [9.17, 15) is 4.21 Å². The predicted molar refractivity (Wildman–Crippen MR) is 66.4 cm³/mol. The Bertz CT molecular complexity index is 349. The van der Waals surface area contributed by atoms with Crippen LogP contribution < -0.4 is 4.72 Å². The van der Waals surface area contributed by atoms with Gasteiger partial charge in [0.2, 0.25) is 0 Å². The van der Waals surface area contributed by atoms with E-state index in [4.69, 9.17) is 5.11 Å². The third-order valence-electron chi connectivity index (χ3n) is 2.49. The molecule has 2 atom stereocenters. The van der Waals surface area contributed by atoms with Crippen LogP contribution in [0.4, 0.5) is 0 Å². The molecule has 0 radical (unpaired) electrons. The number of nitrogens with one attached hydrogen (secondary N) is 1. The van der Waals surface area contributed by atoms with E-state index in [1.54, 1.807) is 0 Å². The highest BCUT2D eigenvalue weighted by atomic mass is 32.2. The molecule has 0 bridgehead atoms. The van der Waals surface area contributed by atoms with Crippen LogP contribution in [0, 0.1) is 12.8 Å². The minimum atomic E-state index is -1.25. The van der Waals surface area contributed by atoms with E-state index in [1.807, 2.05) is 45.0 Å². The van der Waals surface area contributed by atoms with E-state index >= 15 is 0 Å². The Hall–Kier alpha value is -0.710. The summed E-state index contributed by atoms with van der Waals surface area (Å²) in [5, 5.41) is 9.14. The van der Waals surface area contributed by atoms with Crippen molar-refractivity contribution in [3.05, 3.63) is 29.8 Å². The van der Waals surface area contributed by atoms with Crippen molar-refractivity contribution >= 4 is 11.0 Å². The predicted octanol–water partition coefficient (Wildman–Crippen LogP) is 1.62. The summed E-state index contributed by atoms with van der Waals surface area (Å²) in [6, 6.07) is 7.40. The Morgan fingerprint density at radius 1 is 1.31 bits per heavy atom. The van der Waals surface area contributed by atoms with Crippen molar-refractivity contribution < 1.29 is 9.32 Å². The Labute approximate surface area is 99.5 Å². The molecule has 0 saturated heterocycles. The highest BCUT2D eigenvalue weighted by molar-refractivity contribution is 7.83. The number of benzene rings is 1. The van der Waals surface area contributed by atoms with Gasteiger partial charge in [0.1, 0.15) is 11.0 Å². The molecule has 0 amide bonds. The fourth-order valence-electron chi connectivity index (χ4n) is 1.25. The van der Waals surface area contributed by atoms with E-state index < -0.39 is 11.0 Å². The summed E-state index contributed by atoms with van der Waals surface area (Å²) in [5.41, 5.74) is 1.14. The van der Waals surface area contributed by atoms with Gasteiger partial charge in [-0.2, -0.15) is 0 Å². The van der Waals surface area contributed by atoms with Crippen LogP contribution in [0.5, 0.6) is 0 Å². The van der Waals surface area contributed by atoms with Crippen LogP contribution in [-0.4, -0.2) is 22.0 Å². The zero-order chi connectivity index (χ0) is 12.1. The summed E-state index contributed by atoms with van der Waals surface area (Å²) in [4.78, 5) is 0.740. The van der Waals surface area contributed by atoms with Gasteiger partial charge in [0.05, 0.1) is 11.5 Å². The Kier molecular flexibility index (Phi) is 5.12. The minimum Gasteiger partial charge on any atom is -0.395 e. The van der Waals surface area contributed by atoms with E-state index in [-0.39, 0.29) is 18.6 Å². The van der Waals surface area contributed by atoms with Crippen LogP contribution in [0.15, 0.2) is 29.2 Å². The molecule has 0 aliphatic rings. The molecule has 1 aromatic carbocycles. The molecule has 3 nitrogen and oxygen atoms in total. The van der Waals surface area contributed by atoms with Gasteiger partial charge in [-0.1, -0.05) is 31.5 Å². The minimum absolute atomic E-state index is 0.00469. The normalized spacial score (nSPS) is 15.1. The average Bonchev–Trinajstić information content (AvgIpc) is 2.26. The van der Waals surface area contributed by atoms with Crippen LogP contribution in [0.2, 0.25) is 0 Å². The molecule has 0 fully saturated rings. The molecule has 0 aromatic heterocycles. The fraction of sp³-hybridized carbons (Fsp3) is 0.500. The van der Waals surface area contributed by atoms with Crippen molar-refractivity contribution in [3.8, 4) is 0 Å². The van der Waals surface area contributed by atoms with Crippen molar-refractivity contribution in [1.29, 1.82) is 0 Å². The van der Waals surface area contributed by atoms with Crippen molar-refractivity contribution in [2.24, 2.45) is 5.92 Å². The lowest BCUT2D eigenvalue weighted by Gasteiger charge is -2.19. The molecule has 1 rings (SSSR count).